The van der Waals surface area contributed by atoms with Crippen LogP contribution in [-0.2, 0) is 17.1 Å². The number of ketones is 2. The molecule has 422 valence electrons. The lowest BCUT2D eigenvalue weighted by Gasteiger charge is -2.42. The maximum Gasteiger partial charge on any atom is 0.299 e. The number of Topliss-reactive ketones (excluding diaryl/α,β-unsaturated/α-hetero) is 2. The number of halogens is 2. The highest BCUT2D eigenvalue weighted by molar-refractivity contribution is 6.09. The fourth-order valence-electron chi connectivity index (χ4n) is 8.76. The van der Waals surface area contributed by atoms with Crippen LogP contribution in [0, 0.1) is 29.6 Å². The number of rotatable bonds is 19. The monoisotopic (exact) mass is 1070 g/mol. The number of aliphatic imine (C=N–C) groups is 1. The van der Waals surface area contributed by atoms with Crippen molar-refractivity contribution in [2.75, 3.05) is 46.8 Å². The smallest absolute Gasteiger partial charge is 0.299 e. The molecule has 2 unspecified atom stereocenters. The number of unbranched alkanes of at least 4 members (excludes halogenated alkanes) is 2. The predicted molar refractivity (Wildman–Crippen MR) is 314 cm³/mol. The van der Waals surface area contributed by atoms with Crippen molar-refractivity contribution >= 4 is 35.7 Å². The number of fused-ring (bicyclic) bond motifs is 3. The van der Waals surface area contributed by atoms with Crippen molar-refractivity contribution in [2.45, 2.75) is 153 Å². The molecule has 78 heavy (non-hydrogen) atoms. The van der Waals surface area contributed by atoms with Crippen molar-refractivity contribution in [3.05, 3.63) is 135 Å². The largest absolute Gasteiger partial charge is 0.355 e. The van der Waals surface area contributed by atoms with Gasteiger partial charge in [0.25, 0.3) is 11.8 Å². The molecule has 1 fully saturated rings. The Hall–Kier alpha value is -6.72. The van der Waals surface area contributed by atoms with Gasteiger partial charge in [-0.2, -0.15) is 14.0 Å². The van der Waals surface area contributed by atoms with Gasteiger partial charge in [-0.3, -0.25) is 24.2 Å². The average Bonchev–Trinajstić information content (AvgIpc) is 3.67. The van der Waals surface area contributed by atoms with E-state index in [1.807, 2.05) is 76.1 Å². The molecule has 0 saturated carbocycles. The number of hydrogen-bond acceptors (Lipinski definition) is 10. The van der Waals surface area contributed by atoms with Gasteiger partial charge in [0.2, 0.25) is 6.41 Å². The zero-order valence-corrected chi connectivity index (χ0v) is 49.4. The Bertz CT molecular complexity index is 2720. The van der Waals surface area contributed by atoms with Gasteiger partial charge in [-0.05, 0) is 118 Å². The molecule has 3 heterocycles. The molecule has 0 bridgehead atoms. The van der Waals surface area contributed by atoms with Gasteiger partial charge in [0, 0.05) is 96.6 Å². The summed E-state index contributed by atoms with van der Waals surface area (Å²) >= 11 is 0. The molecule has 12 nitrogen and oxygen atoms in total. The van der Waals surface area contributed by atoms with Crippen LogP contribution in [0.1, 0.15) is 193 Å². The maximum absolute atomic E-state index is 14.8. The van der Waals surface area contributed by atoms with Gasteiger partial charge in [0.15, 0.2) is 11.6 Å². The van der Waals surface area contributed by atoms with Crippen LogP contribution in [0.15, 0.2) is 89.3 Å². The van der Waals surface area contributed by atoms with E-state index in [0.29, 0.717) is 34.8 Å². The minimum Gasteiger partial charge on any atom is -0.355 e. The molecule has 2 aromatic carbocycles. The highest BCUT2D eigenvalue weighted by Gasteiger charge is 2.45. The number of nitrogens with zero attached hydrogens (tertiary/aromatic N) is 7. The first-order chi connectivity index (χ1) is 37.0. The number of alkyl halides is 2. The molecule has 0 spiro atoms. The van der Waals surface area contributed by atoms with Crippen molar-refractivity contribution in [1.82, 2.24) is 30.0 Å². The first-order valence-electron chi connectivity index (χ1n) is 27.9. The zero-order chi connectivity index (χ0) is 58.3. The van der Waals surface area contributed by atoms with Gasteiger partial charge >= 0.3 is 0 Å². The lowest BCUT2D eigenvalue weighted by atomic mass is 9.86. The number of nitrogens with one attached hydrogen (secondary N) is 1. The summed E-state index contributed by atoms with van der Waals surface area (Å²) in [5, 5.41) is 11.2. The summed E-state index contributed by atoms with van der Waals surface area (Å²) in [6.45, 7) is 30.6. The van der Waals surface area contributed by atoms with Gasteiger partial charge in [0.05, 0.1) is 11.7 Å². The van der Waals surface area contributed by atoms with Crippen LogP contribution >= 0.6 is 0 Å². The van der Waals surface area contributed by atoms with Gasteiger partial charge < -0.3 is 20.0 Å². The number of aryl methyl sites for hydroxylation is 1. The molecular weight excluding hydrogens is 983 g/mol. The number of hydrogen-bond donors (Lipinski definition) is 1. The number of carbonyl (C=O) groups excluding carboxylic acids is 4. The third-order valence-electron chi connectivity index (χ3n) is 14.1. The van der Waals surface area contributed by atoms with E-state index < -0.39 is 17.2 Å². The molecule has 1 N–H and O–H groups in total. The molecule has 2 aromatic heterocycles. The van der Waals surface area contributed by atoms with Crippen molar-refractivity contribution in [3.8, 4) is 17.2 Å². The van der Waals surface area contributed by atoms with E-state index in [1.165, 1.54) is 49.7 Å². The molecule has 2 aliphatic rings. The molecule has 1 aliphatic carbocycles. The lowest BCUT2D eigenvalue weighted by molar-refractivity contribution is -0.122. The topological polar surface area (TPSA) is 152 Å². The molecule has 2 atom stereocenters. The first-order valence-corrected chi connectivity index (χ1v) is 27.9. The summed E-state index contributed by atoms with van der Waals surface area (Å²) in [5.41, 5.74) is 6.40. The minimum atomic E-state index is -3.22. The number of likely N-dealkylation sites (N-methyl/N-ethyl adjacent to an activating group) is 1. The van der Waals surface area contributed by atoms with E-state index in [0.717, 1.165) is 93.0 Å². The summed E-state index contributed by atoms with van der Waals surface area (Å²) in [5.74, 6) is -2.13. The second-order valence-corrected chi connectivity index (χ2v) is 21.2. The second-order valence-electron chi connectivity index (χ2n) is 21.2. The van der Waals surface area contributed by atoms with Crippen molar-refractivity contribution in [3.63, 3.8) is 0 Å². The Morgan fingerprint density at radius 3 is 2.12 bits per heavy atom. The fraction of sp³-hybridized carbons (Fsp3) is 0.500. The van der Waals surface area contributed by atoms with E-state index in [1.54, 1.807) is 25.3 Å². The standard InChI is InChI=1S/C31H49N5O2.C18H15F2NO2.C11H14N2.C4H10/c1-10-13-16-34(9)20-26-21-35(17-18-36(26)22-37)30(23(4)11-2)32-19-25(12-3)28-15-14-27(24(5)33-28)29(38)31(6,7)8;1-3-16(22)10-4-6-12-13-7-5-11(17(23)21-2)9-15(13)18(19,20)14(12)8-10;1-3-9(2)7-10-5-4-6-13-11(10)8-12;1-3-4-2/h12,14-15,19,22,26H,10-11,13,16-18,20-21H2,1-9H3;4-9H,3H2,1-2H3,(H,21,23);4-6,9H,3,7H2,1-2H3;3-4H2,1-2H3/b25-12+,30-23-,32-19-;;;. The quantitative estimate of drug-likeness (QED) is 0.0549. The van der Waals surface area contributed by atoms with Gasteiger partial charge in [-0.25, -0.2) is 9.98 Å². The van der Waals surface area contributed by atoms with Gasteiger partial charge in [0.1, 0.15) is 17.6 Å². The number of allylic oxidation sites excluding steroid dienone is 3. The van der Waals surface area contributed by atoms with Crippen LogP contribution < -0.4 is 5.32 Å². The van der Waals surface area contributed by atoms with E-state index >= 15 is 0 Å². The van der Waals surface area contributed by atoms with Crippen LogP contribution in [-0.4, -0.2) is 108 Å². The van der Waals surface area contributed by atoms with Gasteiger partial charge in [-0.15, -0.1) is 0 Å². The maximum atomic E-state index is 14.8. The van der Waals surface area contributed by atoms with E-state index in [9.17, 15) is 28.0 Å². The van der Waals surface area contributed by atoms with Crippen molar-refractivity contribution < 1.29 is 28.0 Å². The number of benzene rings is 2. The number of pyridine rings is 2. The third-order valence-corrected chi connectivity index (χ3v) is 14.1. The fourth-order valence-corrected chi connectivity index (χ4v) is 8.76. The number of carbonyl (C=O) groups is 4. The predicted octanol–water partition coefficient (Wildman–Crippen LogP) is 13.7. The molecule has 14 heteroatoms. The Kier molecular flexibility index (Phi) is 26.6. The Morgan fingerprint density at radius 2 is 1.59 bits per heavy atom. The highest BCUT2D eigenvalue weighted by atomic mass is 19.3. The molecule has 2 amide bonds. The Morgan fingerprint density at radius 1 is 0.949 bits per heavy atom. The second kappa shape index (κ2) is 31.6. The molecular formula is C64H88F2N8O4. The van der Waals surface area contributed by atoms with E-state index in [-0.39, 0.29) is 46.3 Å². The van der Waals surface area contributed by atoms with E-state index in [4.69, 9.17) is 15.2 Å². The Labute approximate surface area is 465 Å². The lowest BCUT2D eigenvalue weighted by Crippen LogP contribution is -2.55. The molecule has 0 radical (unpaired) electrons. The van der Waals surface area contributed by atoms with Crippen molar-refractivity contribution in [1.29, 1.82) is 5.26 Å². The summed E-state index contributed by atoms with van der Waals surface area (Å²) in [4.78, 5) is 68.4. The van der Waals surface area contributed by atoms with Crippen LogP contribution in [0.3, 0.4) is 0 Å². The number of piperazine rings is 1. The van der Waals surface area contributed by atoms with Gasteiger partial charge in [-0.1, -0.05) is 125 Å². The normalized spacial score (nSPS) is 15.2. The molecule has 1 saturated heterocycles. The van der Waals surface area contributed by atoms with Crippen LogP contribution in [0.2, 0.25) is 0 Å². The number of aromatic nitrogens is 2. The van der Waals surface area contributed by atoms with E-state index in [2.05, 4.69) is 81.7 Å². The average molecular weight is 1070 g/mol. The molecule has 6 rings (SSSR count). The number of nitriles is 1. The SMILES string of the molecule is CCC(=O)c1ccc2c(c1)C(F)(F)c1cc(C(=O)NC)ccc1-2.CCC(C)Cc1cccnc1C#N.CCCC.C\C=C(/C=N\C(=C(/C)CC)N1CCN(C=O)C(CN(C)CCCC)C1)c1ccc(C(=O)C(C)(C)C)c(C)n1. The Balaban J connectivity index is 0.000000334. The minimum absolute atomic E-state index is 0.0953. The van der Waals surface area contributed by atoms with Crippen LogP contribution in [0.4, 0.5) is 8.78 Å². The van der Waals surface area contributed by atoms with Crippen LogP contribution in [0.5, 0.6) is 0 Å². The third kappa shape index (κ3) is 17.9. The summed E-state index contributed by atoms with van der Waals surface area (Å²) < 4.78 is 29.6. The molecule has 4 aromatic rings. The summed E-state index contributed by atoms with van der Waals surface area (Å²) in [6.07, 6.45) is 14.8. The highest BCUT2D eigenvalue weighted by Crippen LogP contribution is 2.51. The first kappa shape index (κ1) is 65.6. The van der Waals surface area contributed by atoms with Crippen LogP contribution in [0.25, 0.3) is 16.7 Å². The summed E-state index contributed by atoms with van der Waals surface area (Å²) in [6, 6.07) is 18.6. The van der Waals surface area contributed by atoms with Crippen molar-refractivity contribution in [2.24, 2.45) is 16.3 Å². The summed E-state index contributed by atoms with van der Waals surface area (Å²) in [7, 11) is 3.59. The number of amides is 2. The zero-order valence-electron chi connectivity index (χ0n) is 49.4. The molecule has 1 aliphatic heterocycles.